The third-order valence-electron chi connectivity index (χ3n) is 1.51. The lowest BCUT2D eigenvalue weighted by atomic mass is 10.3. The Hall–Kier alpha value is -1.71. The summed E-state index contributed by atoms with van der Waals surface area (Å²) >= 11 is 0. The molecule has 0 aliphatic carbocycles. The Morgan fingerprint density at radius 1 is 1.46 bits per heavy atom. The molecule has 0 radical (unpaired) electrons. The van der Waals surface area contributed by atoms with E-state index >= 15 is 0 Å². The Bertz CT molecular complexity index is 319. The van der Waals surface area contributed by atoms with Gasteiger partial charge in [0.25, 0.3) is 0 Å². The number of hydrogen-bond acceptors (Lipinski definition) is 4. The molecule has 0 aromatic carbocycles. The number of hydrogen-bond donors (Lipinski definition) is 1. The number of anilines is 1. The molecule has 68 valence electrons. The van der Waals surface area contributed by atoms with Crippen LogP contribution < -0.4 is 5.43 Å². The second-order valence-corrected chi connectivity index (χ2v) is 2.58. The molecule has 0 aliphatic rings. The van der Waals surface area contributed by atoms with Crippen LogP contribution in [-0.4, -0.2) is 16.5 Å². The van der Waals surface area contributed by atoms with Crippen LogP contribution in [-0.2, 0) is 4.79 Å². The zero-order valence-electron chi connectivity index (χ0n) is 7.61. The second kappa shape index (κ2) is 4.35. The molecule has 0 bridgehead atoms. The van der Waals surface area contributed by atoms with Crippen LogP contribution in [0.5, 0.6) is 0 Å². The fraction of sp³-hybridized carbons (Fsp3) is 0.222. The Kier molecular flexibility index (Phi) is 3.14. The fourth-order valence-corrected chi connectivity index (χ4v) is 0.649. The maximum atomic E-state index is 10.8. The van der Waals surface area contributed by atoms with Gasteiger partial charge in [-0.25, -0.2) is 4.98 Å². The highest BCUT2D eigenvalue weighted by Crippen LogP contribution is 1.99. The molecule has 1 aromatic rings. The second-order valence-electron chi connectivity index (χ2n) is 2.58. The van der Waals surface area contributed by atoms with E-state index in [0.29, 0.717) is 11.5 Å². The smallest absolute Gasteiger partial charge is 0.175 e. The standard InChI is InChI=1S/C9H11N3O/c1-7(8(2)13)11-12-9-5-3-4-6-10-9/h3-6H,1-2H3,(H,10,12)/b11-7-. The van der Waals surface area contributed by atoms with Crippen LogP contribution in [0.2, 0.25) is 0 Å². The maximum Gasteiger partial charge on any atom is 0.175 e. The number of nitrogens with zero attached hydrogens (tertiary/aromatic N) is 2. The molecule has 1 aromatic heterocycles. The van der Waals surface area contributed by atoms with Crippen molar-refractivity contribution in [3.8, 4) is 0 Å². The Labute approximate surface area is 76.7 Å². The van der Waals surface area contributed by atoms with E-state index in [0.717, 1.165) is 0 Å². The highest BCUT2D eigenvalue weighted by molar-refractivity contribution is 6.38. The lowest BCUT2D eigenvalue weighted by Gasteiger charge is -1.98. The van der Waals surface area contributed by atoms with Gasteiger partial charge in [0, 0.05) is 13.1 Å². The van der Waals surface area contributed by atoms with Crippen LogP contribution in [0.15, 0.2) is 29.5 Å². The van der Waals surface area contributed by atoms with E-state index in [-0.39, 0.29) is 5.78 Å². The van der Waals surface area contributed by atoms with Crippen molar-refractivity contribution in [3.63, 3.8) is 0 Å². The topological polar surface area (TPSA) is 54.4 Å². The van der Waals surface area contributed by atoms with Crippen LogP contribution in [0, 0.1) is 0 Å². The molecule has 0 aliphatic heterocycles. The molecule has 13 heavy (non-hydrogen) atoms. The number of carbonyl (C=O) groups is 1. The minimum Gasteiger partial charge on any atom is -0.293 e. The summed E-state index contributed by atoms with van der Waals surface area (Å²) in [6.45, 7) is 3.12. The van der Waals surface area contributed by atoms with Crippen molar-refractivity contribution in [2.45, 2.75) is 13.8 Å². The summed E-state index contributed by atoms with van der Waals surface area (Å²) in [7, 11) is 0. The number of carbonyl (C=O) groups excluding carboxylic acids is 1. The number of Topliss-reactive ketones (excluding diaryl/α,β-unsaturated/α-hetero) is 1. The number of hydrazone groups is 1. The molecule has 0 saturated carbocycles. The van der Waals surface area contributed by atoms with Gasteiger partial charge in [0.1, 0.15) is 11.5 Å². The van der Waals surface area contributed by atoms with E-state index in [1.165, 1.54) is 6.92 Å². The van der Waals surface area contributed by atoms with Gasteiger partial charge >= 0.3 is 0 Å². The third-order valence-corrected chi connectivity index (χ3v) is 1.51. The van der Waals surface area contributed by atoms with Crippen molar-refractivity contribution in [3.05, 3.63) is 24.4 Å². The summed E-state index contributed by atoms with van der Waals surface area (Å²) in [4.78, 5) is 14.8. The first-order chi connectivity index (χ1) is 6.20. The van der Waals surface area contributed by atoms with Crippen LogP contribution in [0.3, 0.4) is 0 Å². The van der Waals surface area contributed by atoms with E-state index < -0.39 is 0 Å². The molecule has 1 heterocycles. The minimum atomic E-state index is -0.0524. The summed E-state index contributed by atoms with van der Waals surface area (Å²) < 4.78 is 0. The lowest BCUT2D eigenvalue weighted by Crippen LogP contribution is -2.07. The summed E-state index contributed by atoms with van der Waals surface area (Å²) in [5.74, 6) is 0.575. The van der Waals surface area contributed by atoms with Gasteiger partial charge in [-0.1, -0.05) is 6.07 Å². The van der Waals surface area contributed by atoms with Crippen LogP contribution in [0.25, 0.3) is 0 Å². The van der Waals surface area contributed by atoms with Crippen LogP contribution in [0.4, 0.5) is 5.82 Å². The van der Waals surface area contributed by atoms with Gasteiger partial charge in [0.15, 0.2) is 5.78 Å². The molecule has 0 atom stereocenters. The highest BCUT2D eigenvalue weighted by Gasteiger charge is 1.96. The monoisotopic (exact) mass is 177 g/mol. The number of rotatable bonds is 3. The van der Waals surface area contributed by atoms with E-state index in [1.807, 2.05) is 12.1 Å². The first kappa shape index (κ1) is 9.38. The van der Waals surface area contributed by atoms with E-state index in [1.54, 1.807) is 19.2 Å². The third kappa shape index (κ3) is 3.02. The maximum absolute atomic E-state index is 10.8. The van der Waals surface area contributed by atoms with Gasteiger partial charge < -0.3 is 0 Å². The SMILES string of the molecule is CC(=O)/C(C)=N\Nc1ccccn1. The molecule has 4 nitrogen and oxygen atoms in total. The van der Waals surface area contributed by atoms with Gasteiger partial charge in [-0.3, -0.25) is 10.2 Å². The summed E-state index contributed by atoms with van der Waals surface area (Å²) in [5, 5.41) is 3.85. The summed E-state index contributed by atoms with van der Waals surface area (Å²) in [6, 6.07) is 5.43. The predicted octanol–water partition coefficient (Wildman–Crippen LogP) is 1.46. The first-order valence-corrected chi connectivity index (χ1v) is 3.92. The average Bonchev–Trinajstić information content (AvgIpc) is 2.15. The largest absolute Gasteiger partial charge is 0.293 e. The van der Waals surface area contributed by atoms with Crippen molar-refractivity contribution in [1.82, 2.24) is 4.98 Å². The van der Waals surface area contributed by atoms with E-state index in [2.05, 4.69) is 15.5 Å². The Morgan fingerprint density at radius 3 is 2.77 bits per heavy atom. The zero-order chi connectivity index (χ0) is 9.68. The number of ketones is 1. The number of pyridine rings is 1. The van der Waals surface area contributed by atoms with Crippen LogP contribution in [0.1, 0.15) is 13.8 Å². The molecular weight excluding hydrogens is 166 g/mol. The molecule has 1 N–H and O–H groups in total. The van der Waals surface area contributed by atoms with Crippen molar-refractivity contribution >= 4 is 17.3 Å². The van der Waals surface area contributed by atoms with E-state index in [9.17, 15) is 4.79 Å². The van der Waals surface area contributed by atoms with Crippen molar-refractivity contribution in [2.75, 3.05) is 5.43 Å². The fourth-order valence-electron chi connectivity index (χ4n) is 0.649. The molecule has 1 rings (SSSR count). The van der Waals surface area contributed by atoms with Crippen LogP contribution >= 0.6 is 0 Å². The zero-order valence-corrected chi connectivity index (χ0v) is 7.61. The normalized spacial score (nSPS) is 11.1. The average molecular weight is 177 g/mol. The van der Waals surface area contributed by atoms with Crippen molar-refractivity contribution in [2.24, 2.45) is 5.10 Å². The van der Waals surface area contributed by atoms with Gasteiger partial charge in [0.2, 0.25) is 0 Å². The molecular formula is C9H11N3O. The van der Waals surface area contributed by atoms with Gasteiger partial charge in [-0.05, 0) is 19.1 Å². The molecule has 0 amide bonds. The number of aromatic nitrogens is 1. The van der Waals surface area contributed by atoms with Gasteiger partial charge in [-0.2, -0.15) is 5.10 Å². The summed E-state index contributed by atoms with van der Waals surface area (Å²) in [5.41, 5.74) is 3.12. The Balaban J connectivity index is 2.62. The van der Waals surface area contributed by atoms with E-state index in [4.69, 9.17) is 0 Å². The molecule has 4 heteroatoms. The molecule has 0 unspecified atom stereocenters. The predicted molar refractivity (Wildman–Crippen MR) is 51.6 cm³/mol. The van der Waals surface area contributed by atoms with Gasteiger partial charge in [-0.15, -0.1) is 0 Å². The molecule has 0 spiro atoms. The Morgan fingerprint density at radius 2 is 2.23 bits per heavy atom. The first-order valence-electron chi connectivity index (χ1n) is 3.92. The highest BCUT2D eigenvalue weighted by atomic mass is 16.1. The quantitative estimate of drug-likeness (QED) is 0.561. The van der Waals surface area contributed by atoms with Crippen molar-refractivity contribution < 1.29 is 4.79 Å². The van der Waals surface area contributed by atoms with Gasteiger partial charge in [0.05, 0.1) is 0 Å². The number of nitrogens with one attached hydrogen (secondary N) is 1. The molecule has 0 saturated heterocycles. The molecule has 0 fully saturated rings. The van der Waals surface area contributed by atoms with Crippen molar-refractivity contribution in [1.29, 1.82) is 0 Å². The lowest BCUT2D eigenvalue weighted by molar-refractivity contribution is -0.111. The minimum absolute atomic E-state index is 0.0524. The summed E-state index contributed by atoms with van der Waals surface area (Å²) in [6.07, 6.45) is 1.65.